The molecule has 0 aliphatic rings. The van der Waals surface area contributed by atoms with Crippen molar-refractivity contribution in [2.45, 2.75) is 13.5 Å². The summed E-state index contributed by atoms with van der Waals surface area (Å²) in [6.07, 6.45) is 1.83. The molecule has 0 unspecified atom stereocenters. The Morgan fingerprint density at radius 1 is 1.40 bits per heavy atom. The van der Waals surface area contributed by atoms with Crippen LogP contribution in [0, 0.1) is 6.92 Å². The van der Waals surface area contributed by atoms with Crippen LogP contribution in [0.15, 0.2) is 15.8 Å². The Morgan fingerprint density at radius 3 is 2.85 bits per heavy atom. The number of imidazole rings is 2. The number of nitrogens with one attached hydrogen (secondary N) is 1. The minimum Gasteiger partial charge on any atom is -0.383 e. The Labute approximate surface area is 113 Å². The average Bonchev–Trinajstić information content (AvgIpc) is 2.89. The summed E-state index contributed by atoms with van der Waals surface area (Å²) >= 11 is 0. The number of aryl methyl sites for hydroxylation is 2. The van der Waals surface area contributed by atoms with Crippen molar-refractivity contribution in [3.05, 3.63) is 32.7 Å². The first kappa shape index (κ1) is 12.7. The third-order valence-corrected chi connectivity index (χ3v) is 3.43. The predicted molar refractivity (Wildman–Crippen MR) is 73.2 cm³/mol. The fourth-order valence-corrected chi connectivity index (χ4v) is 2.38. The molecule has 3 aromatic heterocycles. The molecule has 0 aromatic carbocycles. The lowest BCUT2D eigenvalue weighted by Gasteiger charge is -2.03. The van der Waals surface area contributed by atoms with Gasteiger partial charge in [0.15, 0.2) is 11.2 Å². The average molecular weight is 277 g/mol. The zero-order chi connectivity index (χ0) is 14.4. The van der Waals surface area contributed by atoms with Crippen molar-refractivity contribution >= 4 is 16.9 Å². The van der Waals surface area contributed by atoms with E-state index in [1.807, 2.05) is 17.7 Å². The molecule has 0 bridgehead atoms. The summed E-state index contributed by atoms with van der Waals surface area (Å²) < 4.78 is 10.1. The maximum Gasteiger partial charge on any atom is 0.329 e. The summed E-state index contributed by atoms with van der Waals surface area (Å²) in [5, 5.41) is 0. The number of fused-ring (bicyclic) bond motifs is 3. The van der Waals surface area contributed by atoms with Crippen LogP contribution in [-0.4, -0.2) is 37.2 Å². The normalized spacial score (nSPS) is 11.8. The van der Waals surface area contributed by atoms with Gasteiger partial charge in [-0.3, -0.25) is 18.7 Å². The van der Waals surface area contributed by atoms with Gasteiger partial charge in [-0.1, -0.05) is 0 Å². The van der Waals surface area contributed by atoms with Gasteiger partial charge in [-0.15, -0.1) is 0 Å². The highest BCUT2D eigenvalue weighted by atomic mass is 16.5. The van der Waals surface area contributed by atoms with E-state index in [0.29, 0.717) is 30.1 Å². The Bertz CT molecular complexity index is 911. The summed E-state index contributed by atoms with van der Waals surface area (Å²) in [6, 6.07) is 0. The van der Waals surface area contributed by atoms with Gasteiger partial charge in [0.05, 0.1) is 6.61 Å². The Balaban J connectivity index is 2.41. The van der Waals surface area contributed by atoms with Gasteiger partial charge < -0.3 is 9.30 Å². The molecule has 0 radical (unpaired) electrons. The fourth-order valence-electron chi connectivity index (χ4n) is 2.38. The number of ether oxygens (including phenoxy) is 1. The van der Waals surface area contributed by atoms with Crippen LogP contribution in [0.1, 0.15) is 5.69 Å². The molecule has 3 aromatic rings. The maximum atomic E-state index is 12.0. The second kappa shape index (κ2) is 4.34. The first-order valence-electron chi connectivity index (χ1n) is 6.20. The molecule has 3 heterocycles. The second-order valence-corrected chi connectivity index (χ2v) is 4.69. The molecule has 0 spiro atoms. The van der Waals surface area contributed by atoms with Crippen LogP contribution in [0.25, 0.3) is 16.9 Å². The van der Waals surface area contributed by atoms with Crippen LogP contribution in [-0.2, 0) is 18.3 Å². The molecule has 0 atom stereocenters. The summed E-state index contributed by atoms with van der Waals surface area (Å²) in [7, 11) is 3.21. The standard InChI is InChI=1S/C12H15N5O3/c1-7-6-17-8-9(15(2)12(19)14-10(8)18)13-11(17)16(7)4-5-20-3/h6H,4-5H2,1-3H3,(H,14,18,19). The van der Waals surface area contributed by atoms with E-state index in [1.165, 1.54) is 4.57 Å². The highest BCUT2D eigenvalue weighted by molar-refractivity contribution is 5.75. The molecule has 0 aliphatic carbocycles. The first-order valence-corrected chi connectivity index (χ1v) is 6.20. The number of rotatable bonds is 3. The van der Waals surface area contributed by atoms with Crippen LogP contribution in [0.2, 0.25) is 0 Å². The Kier molecular flexibility index (Phi) is 2.75. The molecule has 3 rings (SSSR count). The van der Waals surface area contributed by atoms with Gasteiger partial charge in [0, 0.05) is 32.6 Å². The molecular formula is C12H15N5O3. The molecule has 20 heavy (non-hydrogen) atoms. The number of H-pyrrole nitrogens is 1. The number of nitrogens with zero attached hydrogens (tertiary/aromatic N) is 4. The van der Waals surface area contributed by atoms with Crippen molar-refractivity contribution in [2.75, 3.05) is 13.7 Å². The van der Waals surface area contributed by atoms with E-state index in [0.717, 1.165) is 5.69 Å². The smallest absolute Gasteiger partial charge is 0.329 e. The van der Waals surface area contributed by atoms with E-state index in [4.69, 9.17) is 4.74 Å². The lowest BCUT2D eigenvalue weighted by Crippen LogP contribution is -2.28. The molecule has 106 valence electrons. The third kappa shape index (κ3) is 1.61. The summed E-state index contributed by atoms with van der Waals surface area (Å²) in [6.45, 7) is 3.12. The van der Waals surface area contributed by atoms with Crippen molar-refractivity contribution in [1.29, 1.82) is 0 Å². The minimum absolute atomic E-state index is 0.375. The van der Waals surface area contributed by atoms with Gasteiger partial charge >= 0.3 is 5.69 Å². The second-order valence-electron chi connectivity index (χ2n) is 4.69. The highest BCUT2D eigenvalue weighted by Gasteiger charge is 2.16. The summed E-state index contributed by atoms with van der Waals surface area (Å²) in [5.74, 6) is 0.626. The predicted octanol–water partition coefficient (Wildman–Crippen LogP) is -0.369. The van der Waals surface area contributed by atoms with Crippen LogP contribution in [0.4, 0.5) is 0 Å². The molecule has 0 saturated heterocycles. The van der Waals surface area contributed by atoms with Crippen molar-refractivity contribution in [1.82, 2.24) is 23.5 Å². The topological polar surface area (TPSA) is 86.3 Å². The van der Waals surface area contributed by atoms with Gasteiger partial charge in [-0.05, 0) is 6.92 Å². The van der Waals surface area contributed by atoms with Crippen molar-refractivity contribution in [3.8, 4) is 0 Å². The number of aromatic nitrogens is 5. The van der Waals surface area contributed by atoms with Crippen molar-refractivity contribution in [3.63, 3.8) is 0 Å². The molecule has 0 aliphatic heterocycles. The molecule has 0 saturated carbocycles. The van der Waals surface area contributed by atoms with Gasteiger partial charge in [-0.25, -0.2) is 4.79 Å². The summed E-state index contributed by atoms with van der Waals surface area (Å²) in [4.78, 5) is 30.3. The number of aromatic amines is 1. The molecular weight excluding hydrogens is 262 g/mol. The lowest BCUT2D eigenvalue weighted by atomic mass is 10.5. The van der Waals surface area contributed by atoms with Gasteiger partial charge in [0.1, 0.15) is 0 Å². The first-order chi connectivity index (χ1) is 9.54. The van der Waals surface area contributed by atoms with Crippen molar-refractivity contribution in [2.24, 2.45) is 7.05 Å². The van der Waals surface area contributed by atoms with E-state index < -0.39 is 11.2 Å². The number of methoxy groups -OCH3 is 1. The van der Waals surface area contributed by atoms with Gasteiger partial charge in [0.25, 0.3) is 5.56 Å². The van der Waals surface area contributed by atoms with E-state index in [-0.39, 0.29) is 0 Å². The fraction of sp³-hybridized carbons (Fsp3) is 0.417. The lowest BCUT2D eigenvalue weighted by molar-refractivity contribution is 0.187. The molecule has 8 heteroatoms. The van der Waals surface area contributed by atoms with Crippen molar-refractivity contribution < 1.29 is 4.74 Å². The zero-order valence-electron chi connectivity index (χ0n) is 11.5. The van der Waals surface area contributed by atoms with Crippen LogP contribution in [0.5, 0.6) is 0 Å². The van der Waals surface area contributed by atoms with E-state index in [2.05, 4.69) is 9.97 Å². The van der Waals surface area contributed by atoms with E-state index >= 15 is 0 Å². The number of hydrogen-bond donors (Lipinski definition) is 1. The van der Waals surface area contributed by atoms with E-state index in [1.54, 1.807) is 18.6 Å². The largest absolute Gasteiger partial charge is 0.383 e. The van der Waals surface area contributed by atoms with Crippen LogP contribution >= 0.6 is 0 Å². The minimum atomic E-state index is -0.469. The van der Waals surface area contributed by atoms with Gasteiger partial charge in [-0.2, -0.15) is 4.98 Å². The molecule has 0 amide bonds. The SMILES string of the molecule is COCCn1c(C)cn2c3c(=O)[nH]c(=O)n(C)c3nc12. The van der Waals surface area contributed by atoms with Crippen LogP contribution < -0.4 is 11.2 Å². The molecule has 0 fully saturated rings. The van der Waals surface area contributed by atoms with E-state index in [9.17, 15) is 9.59 Å². The maximum absolute atomic E-state index is 12.0. The summed E-state index contributed by atoms with van der Waals surface area (Å²) in [5.41, 5.74) is 0.823. The third-order valence-electron chi connectivity index (χ3n) is 3.43. The number of hydrogen-bond acceptors (Lipinski definition) is 4. The Morgan fingerprint density at radius 2 is 2.15 bits per heavy atom. The van der Waals surface area contributed by atoms with Crippen LogP contribution in [0.3, 0.4) is 0 Å². The monoisotopic (exact) mass is 277 g/mol. The highest BCUT2D eigenvalue weighted by Crippen LogP contribution is 2.15. The molecule has 8 nitrogen and oxygen atoms in total. The van der Waals surface area contributed by atoms with Gasteiger partial charge in [0.2, 0.25) is 5.78 Å². The zero-order valence-corrected chi connectivity index (χ0v) is 11.5. The molecule has 1 N–H and O–H groups in total. The quantitative estimate of drug-likeness (QED) is 0.707. The Hall–Kier alpha value is -2.35.